The summed E-state index contributed by atoms with van der Waals surface area (Å²) in [5, 5.41) is 0. The van der Waals surface area contributed by atoms with E-state index in [-0.39, 0.29) is 12.0 Å². The Bertz CT molecular complexity index is 878. The molecule has 8 nitrogen and oxygen atoms in total. The summed E-state index contributed by atoms with van der Waals surface area (Å²) in [5.41, 5.74) is -0.226. The minimum absolute atomic E-state index is 0.157. The summed E-state index contributed by atoms with van der Waals surface area (Å²) in [7, 11) is 3.02. The fourth-order valence-corrected chi connectivity index (χ4v) is 3.58. The predicted octanol–water partition coefficient (Wildman–Crippen LogP) is 3.06. The van der Waals surface area contributed by atoms with Crippen LogP contribution in [0.3, 0.4) is 0 Å². The molecule has 1 saturated heterocycles. The van der Waals surface area contributed by atoms with Crippen LogP contribution in [0.25, 0.3) is 6.08 Å². The lowest BCUT2D eigenvalue weighted by atomic mass is 9.94. The fraction of sp³-hybridized carbons (Fsp3) is 0.500. The van der Waals surface area contributed by atoms with Crippen LogP contribution in [-0.4, -0.2) is 66.3 Å². The number of hydrogen-bond donors (Lipinski definition) is 0. The number of ether oxygens (including phenoxy) is 3. The lowest BCUT2D eigenvalue weighted by molar-refractivity contribution is -0.134. The Morgan fingerprint density at radius 1 is 1.20 bits per heavy atom. The monoisotopic (exact) mass is 416 g/mol. The van der Waals surface area contributed by atoms with Crippen molar-refractivity contribution in [2.24, 2.45) is 0 Å². The first kappa shape index (κ1) is 21.7. The molecule has 3 rings (SSSR count). The Kier molecular flexibility index (Phi) is 5.78. The van der Waals surface area contributed by atoms with E-state index in [1.54, 1.807) is 41.1 Å². The molecule has 0 saturated carbocycles. The van der Waals surface area contributed by atoms with Crippen LogP contribution in [0, 0.1) is 0 Å². The number of carbonyl (C=O) groups excluding carboxylic acids is 3. The Morgan fingerprint density at radius 2 is 1.87 bits per heavy atom. The van der Waals surface area contributed by atoms with Crippen LogP contribution >= 0.6 is 0 Å². The molecule has 0 atom stereocenters. The molecule has 2 aliphatic heterocycles. The van der Waals surface area contributed by atoms with Crippen LogP contribution in [0.1, 0.15) is 49.5 Å². The molecule has 162 valence electrons. The van der Waals surface area contributed by atoms with Crippen molar-refractivity contribution in [2.75, 3.05) is 27.2 Å². The van der Waals surface area contributed by atoms with Crippen LogP contribution in [0.2, 0.25) is 0 Å². The minimum atomic E-state index is -0.800. The maximum absolute atomic E-state index is 13.1. The molecule has 2 amide bonds. The van der Waals surface area contributed by atoms with Gasteiger partial charge in [-0.2, -0.15) is 0 Å². The topological polar surface area (TPSA) is 85.4 Å². The molecule has 2 heterocycles. The normalized spacial score (nSPS) is 18.2. The van der Waals surface area contributed by atoms with Gasteiger partial charge >= 0.3 is 12.1 Å². The van der Waals surface area contributed by atoms with Gasteiger partial charge in [0.05, 0.1) is 12.7 Å². The summed E-state index contributed by atoms with van der Waals surface area (Å²) in [6, 6.07) is 5.20. The van der Waals surface area contributed by atoms with Gasteiger partial charge in [-0.3, -0.25) is 4.79 Å². The SMILES string of the molecule is COC(=O)/C=C/c1ccc2c(c1)C(=O)N(C)C1(CCN(C(=O)OC(C)(C)C)CC1)O2. The largest absolute Gasteiger partial charge is 0.467 e. The standard InChI is InChI=1S/C22H28N2O6/c1-21(2,3)30-20(27)24-12-10-22(11-13-24)23(4)19(26)16-14-15(6-8-17(16)29-22)7-9-18(25)28-5/h6-9,14H,10-13H2,1-5H3/b9-7+. The quantitative estimate of drug-likeness (QED) is 0.544. The van der Waals surface area contributed by atoms with E-state index >= 15 is 0 Å². The molecule has 1 aromatic rings. The minimum Gasteiger partial charge on any atom is -0.467 e. The van der Waals surface area contributed by atoms with E-state index in [0.29, 0.717) is 42.8 Å². The van der Waals surface area contributed by atoms with Crippen molar-refractivity contribution in [3.8, 4) is 5.75 Å². The van der Waals surface area contributed by atoms with Gasteiger partial charge in [0.15, 0.2) is 5.72 Å². The fourth-order valence-electron chi connectivity index (χ4n) is 3.58. The molecule has 8 heteroatoms. The van der Waals surface area contributed by atoms with Gasteiger partial charge in [-0.1, -0.05) is 6.07 Å². The van der Waals surface area contributed by atoms with Crippen molar-refractivity contribution in [1.82, 2.24) is 9.80 Å². The van der Waals surface area contributed by atoms with Crippen LogP contribution < -0.4 is 4.74 Å². The molecule has 0 bridgehead atoms. The molecular weight excluding hydrogens is 388 g/mol. The van der Waals surface area contributed by atoms with Crippen molar-refractivity contribution in [3.05, 3.63) is 35.4 Å². The number of benzene rings is 1. The number of esters is 1. The number of hydrogen-bond acceptors (Lipinski definition) is 6. The molecule has 0 aromatic heterocycles. The molecule has 2 aliphatic rings. The zero-order valence-corrected chi connectivity index (χ0v) is 18.1. The number of amides is 2. The van der Waals surface area contributed by atoms with E-state index in [2.05, 4.69) is 4.74 Å². The molecule has 1 spiro atoms. The summed E-state index contributed by atoms with van der Waals surface area (Å²) in [4.78, 5) is 40.0. The van der Waals surface area contributed by atoms with Crippen LogP contribution in [-0.2, 0) is 14.3 Å². The second kappa shape index (κ2) is 8.01. The van der Waals surface area contributed by atoms with Crippen molar-refractivity contribution in [3.63, 3.8) is 0 Å². The van der Waals surface area contributed by atoms with Gasteiger partial charge in [-0.05, 0) is 44.5 Å². The zero-order chi connectivity index (χ0) is 22.1. The average Bonchev–Trinajstić information content (AvgIpc) is 2.70. The summed E-state index contributed by atoms with van der Waals surface area (Å²) in [6.45, 7) is 6.36. The average molecular weight is 416 g/mol. The number of rotatable bonds is 2. The second-order valence-electron chi connectivity index (χ2n) is 8.49. The molecular formula is C22H28N2O6. The number of methoxy groups -OCH3 is 1. The number of likely N-dealkylation sites (tertiary alicyclic amines) is 1. The van der Waals surface area contributed by atoms with Crippen molar-refractivity contribution < 1.29 is 28.6 Å². The van der Waals surface area contributed by atoms with Crippen molar-refractivity contribution in [1.29, 1.82) is 0 Å². The lowest BCUT2D eigenvalue weighted by Gasteiger charge is -2.49. The van der Waals surface area contributed by atoms with Gasteiger partial charge in [0.2, 0.25) is 0 Å². The first-order valence-corrected chi connectivity index (χ1v) is 9.90. The highest BCUT2D eigenvalue weighted by molar-refractivity contribution is 5.99. The Hall–Kier alpha value is -3.03. The summed E-state index contributed by atoms with van der Waals surface area (Å²) in [5.74, 6) is -0.127. The van der Waals surface area contributed by atoms with E-state index in [9.17, 15) is 14.4 Å². The number of fused-ring (bicyclic) bond motifs is 1. The molecule has 0 aliphatic carbocycles. The van der Waals surface area contributed by atoms with Crippen molar-refractivity contribution >= 4 is 24.0 Å². The van der Waals surface area contributed by atoms with Gasteiger partial charge in [0.25, 0.3) is 5.91 Å². The Morgan fingerprint density at radius 3 is 2.47 bits per heavy atom. The molecule has 0 N–H and O–H groups in total. The van der Waals surface area contributed by atoms with E-state index in [1.165, 1.54) is 13.2 Å². The third-order valence-corrected chi connectivity index (χ3v) is 5.26. The second-order valence-corrected chi connectivity index (χ2v) is 8.49. The highest BCUT2D eigenvalue weighted by Gasteiger charge is 2.48. The lowest BCUT2D eigenvalue weighted by Crippen LogP contribution is -2.62. The predicted molar refractivity (Wildman–Crippen MR) is 110 cm³/mol. The smallest absolute Gasteiger partial charge is 0.410 e. The van der Waals surface area contributed by atoms with E-state index < -0.39 is 17.3 Å². The van der Waals surface area contributed by atoms with Gasteiger partial charge in [0.1, 0.15) is 11.4 Å². The van der Waals surface area contributed by atoms with E-state index in [0.717, 1.165) is 0 Å². The Balaban J connectivity index is 1.75. The highest BCUT2D eigenvalue weighted by Crippen LogP contribution is 2.39. The molecule has 0 radical (unpaired) electrons. The number of piperidine rings is 1. The molecule has 0 unspecified atom stereocenters. The third-order valence-electron chi connectivity index (χ3n) is 5.26. The maximum atomic E-state index is 13.1. The van der Waals surface area contributed by atoms with Gasteiger partial charge in [0, 0.05) is 39.1 Å². The van der Waals surface area contributed by atoms with Crippen LogP contribution in [0.4, 0.5) is 4.79 Å². The van der Waals surface area contributed by atoms with Gasteiger partial charge in [-0.15, -0.1) is 0 Å². The molecule has 30 heavy (non-hydrogen) atoms. The van der Waals surface area contributed by atoms with Crippen molar-refractivity contribution in [2.45, 2.75) is 44.9 Å². The first-order chi connectivity index (χ1) is 14.0. The third kappa shape index (κ3) is 4.42. The highest BCUT2D eigenvalue weighted by atomic mass is 16.6. The summed E-state index contributed by atoms with van der Waals surface area (Å²) in [6.07, 6.45) is 3.50. The summed E-state index contributed by atoms with van der Waals surface area (Å²) < 4.78 is 16.3. The maximum Gasteiger partial charge on any atom is 0.410 e. The number of carbonyl (C=O) groups is 3. The summed E-state index contributed by atoms with van der Waals surface area (Å²) >= 11 is 0. The van der Waals surface area contributed by atoms with Gasteiger partial charge in [-0.25, -0.2) is 9.59 Å². The van der Waals surface area contributed by atoms with E-state index in [4.69, 9.17) is 9.47 Å². The molecule has 1 fully saturated rings. The Labute approximate surface area is 176 Å². The molecule has 1 aromatic carbocycles. The number of nitrogens with zero attached hydrogens (tertiary/aromatic N) is 2. The van der Waals surface area contributed by atoms with Crippen LogP contribution in [0.15, 0.2) is 24.3 Å². The zero-order valence-electron chi connectivity index (χ0n) is 18.1. The first-order valence-electron chi connectivity index (χ1n) is 9.90. The van der Waals surface area contributed by atoms with E-state index in [1.807, 2.05) is 20.8 Å². The van der Waals surface area contributed by atoms with Gasteiger partial charge < -0.3 is 24.0 Å². The van der Waals surface area contributed by atoms with Crippen LogP contribution in [0.5, 0.6) is 5.75 Å².